The number of halogens is 1. The van der Waals surface area contributed by atoms with E-state index in [1.54, 1.807) is 6.07 Å². The number of amides is 1. The van der Waals surface area contributed by atoms with Gasteiger partial charge in [0.2, 0.25) is 15.9 Å². The summed E-state index contributed by atoms with van der Waals surface area (Å²) in [6, 6.07) is 4.60. The monoisotopic (exact) mass is 385 g/mol. The maximum absolute atomic E-state index is 13.0. The Hall–Kier alpha value is -2.46. The van der Waals surface area contributed by atoms with Crippen molar-refractivity contribution in [1.29, 1.82) is 0 Å². The fourth-order valence-corrected chi connectivity index (χ4v) is 3.79. The van der Waals surface area contributed by atoms with Gasteiger partial charge in [-0.25, -0.2) is 12.8 Å². The maximum atomic E-state index is 13.0. The normalized spacial score (nSPS) is 12.6. The van der Waals surface area contributed by atoms with Crippen LogP contribution in [0.3, 0.4) is 0 Å². The van der Waals surface area contributed by atoms with Crippen molar-refractivity contribution in [2.75, 3.05) is 13.2 Å². The summed E-state index contributed by atoms with van der Waals surface area (Å²) in [7, 11) is -3.94. The van der Waals surface area contributed by atoms with Crippen LogP contribution in [0.25, 0.3) is 0 Å². The fraction of sp³-hybridized carbons (Fsp3) is 0.375. The highest BCUT2D eigenvalue weighted by Crippen LogP contribution is 2.18. The second-order valence-corrected chi connectivity index (χ2v) is 7.24. The number of hydrogen-bond donors (Lipinski definition) is 2. The molecule has 2 rings (SSSR count). The van der Waals surface area contributed by atoms with Gasteiger partial charge in [0, 0.05) is 6.07 Å². The molecule has 0 aliphatic carbocycles. The van der Waals surface area contributed by atoms with Crippen molar-refractivity contribution in [3.8, 4) is 5.75 Å². The highest BCUT2D eigenvalue weighted by Gasteiger charge is 2.27. The van der Waals surface area contributed by atoms with Gasteiger partial charge in [0.05, 0.1) is 12.6 Å². The minimum absolute atomic E-state index is 0.0772. The molecule has 1 heterocycles. The summed E-state index contributed by atoms with van der Waals surface area (Å²) in [5.41, 5.74) is 0.214. The largest absolute Gasteiger partial charge is 0.492 e. The molecule has 142 valence electrons. The summed E-state index contributed by atoms with van der Waals surface area (Å²) in [6.07, 6.45) is 0. The topological polar surface area (TPSA) is 111 Å². The molecule has 0 aliphatic rings. The second kappa shape index (κ2) is 8.28. The van der Waals surface area contributed by atoms with Gasteiger partial charge < -0.3 is 14.6 Å². The molecule has 0 radical (unpaired) electrons. The number of carbonyl (C=O) groups is 1. The van der Waals surface area contributed by atoms with Gasteiger partial charge in [-0.1, -0.05) is 11.2 Å². The Bertz CT molecular complexity index is 862. The summed E-state index contributed by atoms with van der Waals surface area (Å²) in [6.45, 7) is 4.63. The van der Waals surface area contributed by atoms with Gasteiger partial charge in [-0.2, -0.15) is 4.72 Å². The number of nitrogens with one attached hydrogen (secondary N) is 2. The Morgan fingerprint density at radius 1 is 1.38 bits per heavy atom. The van der Waals surface area contributed by atoms with E-state index in [1.807, 2.05) is 0 Å². The van der Waals surface area contributed by atoms with E-state index >= 15 is 0 Å². The van der Waals surface area contributed by atoms with Crippen LogP contribution in [0.4, 0.5) is 4.39 Å². The number of hydrogen-bond acceptors (Lipinski definition) is 6. The average molecular weight is 385 g/mol. The molecule has 8 nitrogen and oxygen atoms in total. The minimum atomic E-state index is -3.94. The first-order valence-electron chi connectivity index (χ1n) is 7.82. The zero-order valence-corrected chi connectivity index (χ0v) is 15.4. The number of aromatic nitrogens is 1. The molecular formula is C16H20FN3O5S. The van der Waals surface area contributed by atoms with Crippen molar-refractivity contribution < 1.29 is 26.9 Å². The van der Waals surface area contributed by atoms with Gasteiger partial charge in [-0.15, -0.1) is 0 Å². The molecule has 2 aromatic rings. The molecule has 26 heavy (non-hydrogen) atoms. The highest BCUT2D eigenvalue weighted by atomic mass is 32.2. The molecule has 0 bridgehead atoms. The van der Waals surface area contributed by atoms with E-state index in [4.69, 9.17) is 9.26 Å². The van der Waals surface area contributed by atoms with Crippen molar-refractivity contribution in [2.45, 2.75) is 31.7 Å². The van der Waals surface area contributed by atoms with E-state index in [1.165, 1.54) is 39.0 Å². The fourth-order valence-electron chi connectivity index (χ4n) is 2.26. The van der Waals surface area contributed by atoms with Crippen LogP contribution < -0.4 is 14.8 Å². The SMILES string of the molecule is Cc1noc(C)c1S(=O)(=O)N[C@@H](C)C(=O)NCCOc1cccc(F)c1. The summed E-state index contributed by atoms with van der Waals surface area (Å²) >= 11 is 0. The molecule has 0 spiro atoms. The quantitative estimate of drug-likeness (QED) is 0.663. The molecule has 0 saturated heterocycles. The second-order valence-electron chi connectivity index (χ2n) is 5.59. The van der Waals surface area contributed by atoms with Crippen LogP contribution in [0.1, 0.15) is 18.4 Å². The molecule has 0 fully saturated rings. The van der Waals surface area contributed by atoms with Gasteiger partial charge in [-0.05, 0) is 32.9 Å². The smallest absolute Gasteiger partial charge is 0.246 e. The molecule has 1 aromatic carbocycles. The molecular weight excluding hydrogens is 365 g/mol. The van der Waals surface area contributed by atoms with Crippen LogP contribution in [0, 0.1) is 19.7 Å². The first-order chi connectivity index (χ1) is 12.2. The lowest BCUT2D eigenvalue weighted by atomic mass is 10.3. The summed E-state index contributed by atoms with van der Waals surface area (Å²) in [5, 5.41) is 6.13. The molecule has 1 amide bonds. The lowest BCUT2D eigenvalue weighted by Gasteiger charge is -2.14. The van der Waals surface area contributed by atoms with Crippen LogP contribution in [-0.2, 0) is 14.8 Å². The summed E-state index contributed by atoms with van der Waals surface area (Å²) in [5.74, 6) is -0.463. The number of rotatable bonds is 8. The molecule has 1 aromatic heterocycles. The van der Waals surface area contributed by atoms with E-state index in [0.717, 1.165) is 0 Å². The summed E-state index contributed by atoms with van der Waals surface area (Å²) < 4.78 is 50.1. The first kappa shape index (κ1) is 19.9. The van der Waals surface area contributed by atoms with Gasteiger partial charge in [0.15, 0.2) is 5.76 Å². The Balaban J connectivity index is 1.84. The van der Waals surface area contributed by atoms with E-state index in [2.05, 4.69) is 15.2 Å². The van der Waals surface area contributed by atoms with Crippen LogP contribution in [0.2, 0.25) is 0 Å². The Labute approximate surface area is 150 Å². The van der Waals surface area contributed by atoms with Crippen molar-refractivity contribution in [3.05, 3.63) is 41.5 Å². The van der Waals surface area contributed by atoms with Crippen molar-refractivity contribution in [2.24, 2.45) is 0 Å². The van der Waals surface area contributed by atoms with Gasteiger partial charge in [0.25, 0.3) is 0 Å². The third kappa shape index (κ3) is 5.02. The van der Waals surface area contributed by atoms with Crippen molar-refractivity contribution >= 4 is 15.9 Å². The predicted octanol–water partition coefficient (Wildman–Crippen LogP) is 1.29. The van der Waals surface area contributed by atoms with Crippen LogP contribution in [0.5, 0.6) is 5.75 Å². The van der Waals surface area contributed by atoms with Gasteiger partial charge in [0.1, 0.15) is 28.8 Å². The molecule has 1 atom stereocenters. The predicted molar refractivity (Wildman–Crippen MR) is 90.7 cm³/mol. The molecule has 0 aliphatic heterocycles. The van der Waals surface area contributed by atoms with Gasteiger partial charge >= 0.3 is 0 Å². The molecule has 0 unspecified atom stereocenters. The standard InChI is InChI=1S/C16H20FN3O5S/c1-10-15(12(3)25-19-10)26(22,23)20-11(2)16(21)18-7-8-24-14-6-4-5-13(17)9-14/h4-6,9,11,20H,7-8H2,1-3H3,(H,18,21)/t11-/m0/s1. The molecule has 10 heteroatoms. The zero-order valence-electron chi connectivity index (χ0n) is 14.6. The maximum Gasteiger partial charge on any atom is 0.246 e. The van der Waals surface area contributed by atoms with Crippen LogP contribution in [0.15, 0.2) is 33.7 Å². The van der Waals surface area contributed by atoms with Gasteiger partial charge in [-0.3, -0.25) is 4.79 Å². The third-order valence-corrected chi connectivity index (χ3v) is 5.21. The number of aryl methyl sites for hydroxylation is 2. The lowest BCUT2D eigenvalue weighted by Crippen LogP contribution is -2.45. The number of ether oxygens (including phenoxy) is 1. The van der Waals surface area contributed by atoms with Crippen molar-refractivity contribution in [1.82, 2.24) is 15.2 Å². The van der Waals surface area contributed by atoms with E-state index < -0.39 is 27.8 Å². The first-order valence-corrected chi connectivity index (χ1v) is 9.30. The van der Waals surface area contributed by atoms with E-state index in [-0.39, 0.29) is 29.5 Å². The number of benzene rings is 1. The molecule has 0 saturated carbocycles. The van der Waals surface area contributed by atoms with E-state index in [0.29, 0.717) is 5.75 Å². The summed E-state index contributed by atoms with van der Waals surface area (Å²) in [4.78, 5) is 12.0. The number of carbonyl (C=O) groups excluding carboxylic acids is 1. The minimum Gasteiger partial charge on any atom is -0.492 e. The Morgan fingerprint density at radius 3 is 2.73 bits per heavy atom. The Kier molecular flexibility index (Phi) is 6.32. The Morgan fingerprint density at radius 2 is 2.12 bits per heavy atom. The highest BCUT2D eigenvalue weighted by molar-refractivity contribution is 7.89. The van der Waals surface area contributed by atoms with E-state index in [9.17, 15) is 17.6 Å². The zero-order chi connectivity index (χ0) is 19.3. The molecule has 2 N–H and O–H groups in total. The van der Waals surface area contributed by atoms with Crippen LogP contribution >= 0.6 is 0 Å². The van der Waals surface area contributed by atoms with Crippen molar-refractivity contribution in [3.63, 3.8) is 0 Å². The number of nitrogens with zero attached hydrogens (tertiary/aromatic N) is 1. The average Bonchev–Trinajstić information content (AvgIpc) is 2.90. The number of sulfonamides is 1. The lowest BCUT2D eigenvalue weighted by molar-refractivity contribution is -0.122. The van der Waals surface area contributed by atoms with Crippen LogP contribution in [-0.4, -0.2) is 38.7 Å². The third-order valence-electron chi connectivity index (χ3n) is 3.43.